The summed E-state index contributed by atoms with van der Waals surface area (Å²) in [7, 11) is 0. The van der Waals surface area contributed by atoms with E-state index in [0.717, 1.165) is 0 Å². The van der Waals surface area contributed by atoms with Gasteiger partial charge >= 0.3 is 6.18 Å². The lowest BCUT2D eigenvalue weighted by molar-refractivity contribution is -0.127. The predicted octanol–water partition coefficient (Wildman–Crippen LogP) is 3.35. The number of aliphatic hydroxyl groups excluding tert-OH is 2. The van der Waals surface area contributed by atoms with Gasteiger partial charge in [-0.3, -0.25) is 15.1 Å². The summed E-state index contributed by atoms with van der Waals surface area (Å²) < 4.78 is 52.8. The summed E-state index contributed by atoms with van der Waals surface area (Å²) in [4.78, 5) is 16.9. The van der Waals surface area contributed by atoms with Gasteiger partial charge in [-0.15, -0.1) is 0 Å². The quantitative estimate of drug-likeness (QED) is 0.196. The van der Waals surface area contributed by atoms with Crippen LogP contribution >= 0.6 is 0 Å². The molecular formula is C26H34F3N3O5. The number of hydrogen-bond acceptors (Lipinski definition) is 7. The molecule has 0 spiro atoms. The third kappa shape index (κ3) is 7.33. The van der Waals surface area contributed by atoms with E-state index in [2.05, 4.69) is 10.3 Å². The van der Waals surface area contributed by atoms with E-state index in [9.17, 15) is 28.2 Å². The molecule has 37 heavy (non-hydrogen) atoms. The maximum atomic E-state index is 13.8. The van der Waals surface area contributed by atoms with Gasteiger partial charge in [-0.2, -0.15) is 13.2 Å². The van der Waals surface area contributed by atoms with Crippen LogP contribution in [0.1, 0.15) is 49.8 Å². The van der Waals surface area contributed by atoms with Crippen LogP contribution in [-0.2, 0) is 17.6 Å². The average Bonchev–Trinajstić information content (AvgIpc) is 3.37. The Morgan fingerprint density at radius 3 is 2.68 bits per heavy atom. The van der Waals surface area contributed by atoms with Gasteiger partial charge in [-0.25, -0.2) is 0 Å². The summed E-state index contributed by atoms with van der Waals surface area (Å²) in [6.45, 7) is 4.33. The lowest BCUT2D eigenvalue weighted by atomic mass is 9.91. The van der Waals surface area contributed by atoms with E-state index in [-0.39, 0.29) is 37.2 Å². The molecule has 8 nitrogen and oxygen atoms in total. The first-order valence-electron chi connectivity index (χ1n) is 12.5. The van der Waals surface area contributed by atoms with Crippen molar-refractivity contribution >= 4 is 18.2 Å². The minimum atomic E-state index is -4.65. The molecule has 0 aromatic heterocycles. The zero-order valence-electron chi connectivity index (χ0n) is 21.0. The number of aliphatic imine (C=N–C) groups is 1. The van der Waals surface area contributed by atoms with E-state index in [1.165, 1.54) is 11.0 Å². The van der Waals surface area contributed by atoms with Crippen LogP contribution in [0.15, 0.2) is 29.3 Å². The number of fused-ring (bicyclic) bond motifs is 1. The number of rotatable bonds is 14. The van der Waals surface area contributed by atoms with Crippen LogP contribution in [0, 0.1) is 0 Å². The number of carbonyl (C=O) groups is 1. The van der Waals surface area contributed by atoms with Crippen LogP contribution < -0.4 is 14.8 Å². The van der Waals surface area contributed by atoms with E-state index < -0.39 is 24.3 Å². The molecule has 11 heteroatoms. The van der Waals surface area contributed by atoms with Gasteiger partial charge in [-0.1, -0.05) is 26.7 Å². The normalized spacial score (nSPS) is 19.3. The molecule has 0 aliphatic carbocycles. The van der Waals surface area contributed by atoms with E-state index in [0.29, 0.717) is 61.5 Å². The van der Waals surface area contributed by atoms with Gasteiger partial charge in [0.2, 0.25) is 12.7 Å². The second-order valence-electron chi connectivity index (χ2n) is 8.87. The fourth-order valence-electron chi connectivity index (χ4n) is 4.35. The van der Waals surface area contributed by atoms with Gasteiger partial charge in [0.05, 0.1) is 12.2 Å². The number of nitrogens with zero attached hydrogens (tertiary/aromatic N) is 2. The lowest BCUT2D eigenvalue weighted by Crippen LogP contribution is -2.44. The molecule has 3 rings (SSSR count). The molecule has 3 N–H and O–H groups in total. The molecule has 2 aliphatic rings. The van der Waals surface area contributed by atoms with Crippen molar-refractivity contribution in [3.05, 3.63) is 41.0 Å². The minimum absolute atomic E-state index is 0.0151. The highest BCUT2D eigenvalue weighted by atomic mass is 19.4. The highest BCUT2D eigenvalue weighted by molar-refractivity contribution is 5.79. The van der Waals surface area contributed by atoms with Crippen LogP contribution in [0.3, 0.4) is 0 Å². The second kappa shape index (κ2) is 13.1. The molecule has 1 amide bonds. The van der Waals surface area contributed by atoms with E-state index in [1.54, 1.807) is 12.3 Å². The van der Waals surface area contributed by atoms with Gasteiger partial charge < -0.3 is 24.6 Å². The van der Waals surface area contributed by atoms with Crippen molar-refractivity contribution in [3.63, 3.8) is 0 Å². The number of nitrogens with one attached hydrogen (secondary N) is 1. The molecule has 0 saturated carbocycles. The number of hydrogen-bond donors (Lipinski definition) is 3. The first-order chi connectivity index (χ1) is 17.7. The first-order valence-corrected chi connectivity index (χ1v) is 12.5. The highest BCUT2D eigenvalue weighted by Crippen LogP contribution is 2.47. The summed E-state index contributed by atoms with van der Waals surface area (Å²) in [5, 5.41) is 23.4. The van der Waals surface area contributed by atoms with Gasteiger partial charge in [0.25, 0.3) is 0 Å². The number of benzene rings is 1. The zero-order valence-corrected chi connectivity index (χ0v) is 21.0. The number of allylic oxidation sites excluding steroid dienone is 2. The molecular weight excluding hydrogens is 491 g/mol. The number of amides is 1. The van der Waals surface area contributed by atoms with Crippen molar-refractivity contribution in [2.45, 2.75) is 70.8 Å². The largest absolute Gasteiger partial charge is 0.493 e. The number of alkyl halides is 3. The number of ether oxygens (including phenoxy) is 2. The Morgan fingerprint density at radius 1 is 1.30 bits per heavy atom. The molecule has 3 unspecified atom stereocenters. The topological polar surface area (TPSA) is 104 Å². The fraction of sp³-hybridized carbons (Fsp3) is 0.538. The summed E-state index contributed by atoms with van der Waals surface area (Å²) in [5.41, 5.74) is 0.0900. The van der Waals surface area contributed by atoms with E-state index >= 15 is 0 Å². The van der Waals surface area contributed by atoms with E-state index in [1.807, 2.05) is 19.9 Å². The monoisotopic (exact) mass is 525 g/mol. The number of aryl methyl sites for hydroxylation is 1. The number of halogens is 3. The van der Waals surface area contributed by atoms with Crippen LogP contribution in [0.5, 0.6) is 11.5 Å². The Hall–Kier alpha value is -2.89. The summed E-state index contributed by atoms with van der Waals surface area (Å²) in [6.07, 6.45) is 1.41. The van der Waals surface area contributed by atoms with Crippen LogP contribution in [0.4, 0.5) is 13.2 Å². The third-order valence-electron chi connectivity index (χ3n) is 6.03. The lowest BCUT2D eigenvalue weighted by Gasteiger charge is -2.29. The summed E-state index contributed by atoms with van der Waals surface area (Å²) >= 11 is 0. The maximum absolute atomic E-state index is 13.8. The van der Waals surface area contributed by atoms with Crippen molar-refractivity contribution in [1.82, 2.24) is 10.2 Å². The van der Waals surface area contributed by atoms with Gasteiger partial charge in [0, 0.05) is 30.4 Å². The van der Waals surface area contributed by atoms with E-state index in [4.69, 9.17) is 9.47 Å². The van der Waals surface area contributed by atoms with Gasteiger partial charge in [-0.05, 0) is 49.1 Å². The standard InChI is InChI=1S/C26H34F3N3O5/c1-3-7-17-13-19-20(26(27,28)29)14-23(35)37-25(19)18(8-4-2)24(17)36-12-6-11-32(16-33)22(34)15-31-21-9-5-10-30-21/h5,9-10,13-14,16,21-23,31,34-35H,3-4,6-8,11-12,15H2,1-2H3. The Morgan fingerprint density at radius 2 is 2.05 bits per heavy atom. The molecule has 2 aliphatic heterocycles. The smallest absolute Gasteiger partial charge is 0.417 e. The Kier molecular flexibility index (Phi) is 10.1. The summed E-state index contributed by atoms with van der Waals surface area (Å²) in [5.74, 6) is 0.433. The van der Waals surface area contributed by atoms with Gasteiger partial charge in [0.15, 0.2) is 0 Å². The Labute approximate surface area is 214 Å². The van der Waals surface area contributed by atoms with Crippen molar-refractivity contribution in [2.24, 2.45) is 4.99 Å². The number of carbonyl (C=O) groups excluding carboxylic acids is 1. The molecule has 0 radical (unpaired) electrons. The first kappa shape index (κ1) is 28.7. The van der Waals surface area contributed by atoms with Crippen molar-refractivity contribution in [1.29, 1.82) is 0 Å². The SMILES string of the molecule is CCCc1cc2c(c(CCC)c1OCCCN(C=O)C(O)CNC1C=CC=N1)OC(O)C=C2C(F)(F)F. The minimum Gasteiger partial charge on any atom is -0.493 e. The Bertz CT molecular complexity index is 1010. The van der Waals surface area contributed by atoms with Crippen LogP contribution in [0.25, 0.3) is 5.57 Å². The molecule has 2 heterocycles. The Balaban J connectivity index is 1.74. The average molecular weight is 526 g/mol. The predicted molar refractivity (Wildman–Crippen MR) is 133 cm³/mol. The highest BCUT2D eigenvalue weighted by Gasteiger charge is 2.41. The molecule has 0 fully saturated rings. The molecule has 204 valence electrons. The summed E-state index contributed by atoms with van der Waals surface area (Å²) in [6, 6.07) is 1.44. The van der Waals surface area contributed by atoms with Crippen molar-refractivity contribution < 1.29 is 37.7 Å². The second-order valence-corrected chi connectivity index (χ2v) is 8.87. The van der Waals surface area contributed by atoms with Crippen LogP contribution in [0.2, 0.25) is 0 Å². The number of aliphatic hydroxyl groups is 2. The molecule has 0 bridgehead atoms. The molecule has 1 aromatic carbocycles. The van der Waals surface area contributed by atoms with Crippen molar-refractivity contribution in [3.8, 4) is 11.5 Å². The van der Waals surface area contributed by atoms with Crippen LogP contribution in [-0.4, -0.2) is 72.3 Å². The molecule has 3 atom stereocenters. The third-order valence-corrected chi connectivity index (χ3v) is 6.03. The van der Waals surface area contributed by atoms with Gasteiger partial charge in [0.1, 0.15) is 23.9 Å². The fourth-order valence-corrected chi connectivity index (χ4v) is 4.35. The maximum Gasteiger partial charge on any atom is 0.417 e. The zero-order chi connectivity index (χ0) is 27.0. The molecule has 0 saturated heterocycles. The molecule has 1 aromatic rings. The van der Waals surface area contributed by atoms with Crippen molar-refractivity contribution in [2.75, 3.05) is 19.7 Å².